The zero-order valence-corrected chi connectivity index (χ0v) is 8.20. The van der Waals surface area contributed by atoms with Gasteiger partial charge >= 0.3 is 5.76 Å². The molecule has 1 aromatic heterocycles. The normalized spacial score (nSPS) is 11.0. The molecule has 0 fully saturated rings. The number of hydrogen-bond donors (Lipinski definition) is 1. The maximum absolute atomic E-state index is 11.2. The fourth-order valence-corrected chi connectivity index (χ4v) is 1.51. The second kappa shape index (κ2) is 2.90. The van der Waals surface area contributed by atoms with Gasteiger partial charge in [-0.2, -0.15) is 0 Å². The highest BCUT2D eigenvalue weighted by molar-refractivity contribution is 5.85. The van der Waals surface area contributed by atoms with E-state index in [9.17, 15) is 4.79 Å². The highest BCUT2D eigenvalue weighted by Gasteiger charge is 2.09. The molecule has 0 bridgehead atoms. The topological polar surface area (TPSA) is 61.2 Å². The molecule has 0 aliphatic rings. The molecular formula is C10H12N2O2. The summed E-state index contributed by atoms with van der Waals surface area (Å²) in [6, 6.07) is 3.77. The lowest BCUT2D eigenvalue weighted by Crippen LogP contribution is -2.08. The van der Waals surface area contributed by atoms with Crippen molar-refractivity contribution in [3.8, 4) is 0 Å². The monoisotopic (exact) mass is 192 g/mol. The molecule has 4 nitrogen and oxygen atoms in total. The fraction of sp³-hybridized carbons (Fsp3) is 0.300. The van der Waals surface area contributed by atoms with Crippen molar-refractivity contribution in [3.05, 3.63) is 28.2 Å². The lowest BCUT2D eigenvalue weighted by Gasteiger charge is -2.00. The number of benzene rings is 1. The maximum Gasteiger partial charge on any atom is 0.419 e. The first-order valence-electron chi connectivity index (χ1n) is 4.51. The van der Waals surface area contributed by atoms with Crippen molar-refractivity contribution >= 4 is 16.8 Å². The molecule has 0 spiro atoms. The van der Waals surface area contributed by atoms with Crippen LogP contribution in [0.25, 0.3) is 11.1 Å². The first-order chi connectivity index (χ1) is 6.63. The minimum absolute atomic E-state index is 0.375. The van der Waals surface area contributed by atoms with Gasteiger partial charge in [-0.05, 0) is 24.1 Å². The summed E-state index contributed by atoms with van der Waals surface area (Å²) in [6.07, 6.45) is 0.888. The van der Waals surface area contributed by atoms with Gasteiger partial charge in [-0.1, -0.05) is 6.92 Å². The second-order valence-electron chi connectivity index (χ2n) is 3.31. The average Bonchev–Trinajstić information content (AvgIpc) is 2.45. The van der Waals surface area contributed by atoms with Crippen LogP contribution in [0.1, 0.15) is 12.5 Å². The van der Waals surface area contributed by atoms with Crippen LogP contribution in [-0.2, 0) is 13.5 Å². The smallest absolute Gasteiger partial charge is 0.405 e. The van der Waals surface area contributed by atoms with E-state index < -0.39 is 0 Å². The number of oxazole rings is 1. The molecule has 0 saturated heterocycles. The summed E-state index contributed by atoms with van der Waals surface area (Å²) < 4.78 is 6.47. The minimum atomic E-state index is -0.375. The van der Waals surface area contributed by atoms with Gasteiger partial charge in [0.05, 0.1) is 11.2 Å². The van der Waals surface area contributed by atoms with Crippen LogP contribution >= 0.6 is 0 Å². The molecule has 0 amide bonds. The Hall–Kier alpha value is -1.71. The number of fused-ring (bicyclic) bond motifs is 1. The largest absolute Gasteiger partial charge is 0.419 e. The van der Waals surface area contributed by atoms with Gasteiger partial charge in [0.2, 0.25) is 0 Å². The van der Waals surface area contributed by atoms with Crippen molar-refractivity contribution < 1.29 is 4.42 Å². The average molecular weight is 192 g/mol. The lowest BCUT2D eigenvalue weighted by atomic mass is 10.1. The van der Waals surface area contributed by atoms with Crippen LogP contribution < -0.4 is 11.5 Å². The van der Waals surface area contributed by atoms with Gasteiger partial charge in [0.15, 0.2) is 5.58 Å². The molecule has 0 saturated carbocycles. The Morgan fingerprint density at radius 3 is 2.86 bits per heavy atom. The standard InChI is InChI=1S/C10H12N2O2/c1-3-6-4-7(11)9-8(5-6)12(2)10(13)14-9/h4-5H,3,11H2,1-2H3. The molecule has 1 heterocycles. The van der Waals surface area contributed by atoms with Crippen LogP contribution in [0.5, 0.6) is 0 Å². The molecule has 4 heteroatoms. The molecule has 0 aliphatic heterocycles. The summed E-state index contributed by atoms with van der Waals surface area (Å²) in [5.74, 6) is -0.375. The summed E-state index contributed by atoms with van der Waals surface area (Å²) in [5.41, 5.74) is 8.63. The molecule has 74 valence electrons. The van der Waals surface area contributed by atoms with E-state index in [0.29, 0.717) is 11.3 Å². The molecule has 14 heavy (non-hydrogen) atoms. The Balaban J connectivity index is 2.90. The first-order valence-corrected chi connectivity index (χ1v) is 4.51. The zero-order chi connectivity index (χ0) is 10.3. The van der Waals surface area contributed by atoms with Crippen molar-refractivity contribution in [2.24, 2.45) is 7.05 Å². The molecule has 1 aromatic carbocycles. The number of rotatable bonds is 1. The number of nitrogens with two attached hydrogens (primary N) is 1. The number of nitrogens with zero attached hydrogens (tertiary/aromatic N) is 1. The van der Waals surface area contributed by atoms with E-state index in [0.717, 1.165) is 17.5 Å². The summed E-state index contributed by atoms with van der Waals surface area (Å²) in [6.45, 7) is 2.04. The second-order valence-corrected chi connectivity index (χ2v) is 3.31. The summed E-state index contributed by atoms with van der Waals surface area (Å²) in [7, 11) is 1.67. The van der Waals surface area contributed by atoms with Crippen LogP contribution in [0.2, 0.25) is 0 Å². The predicted molar refractivity (Wildman–Crippen MR) is 55.2 cm³/mol. The Bertz CT molecular complexity index is 537. The SMILES string of the molecule is CCc1cc(N)c2oc(=O)n(C)c2c1. The van der Waals surface area contributed by atoms with Crippen molar-refractivity contribution in [3.63, 3.8) is 0 Å². The van der Waals surface area contributed by atoms with Gasteiger partial charge in [0.1, 0.15) is 0 Å². The highest BCUT2D eigenvalue weighted by atomic mass is 16.4. The maximum atomic E-state index is 11.2. The minimum Gasteiger partial charge on any atom is -0.405 e. The number of anilines is 1. The Kier molecular flexibility index (Phi) is 1.84. The summed E-state index contributed by atoms with van der Waals surface area (Å²) in [5, 5.41) is 0. The molecule has 0 atom stereocenters. The Labute approximate surface area is 80.9 Å². The van der Waals surface area contributed by atoms with Gasteiger partial charge in [-0.15, -0.1) is 0 Å². The molecule has 0 aliphatic carbocycles. The van der Waals surface area contributed by atoms with E-state index in [-0.39, 0.29) is 5.76 Å². The first kappa shape index (κ1) is 8.87. The van der Waals surface area contributed by atoms with E-state index in [1.165, 1.54) is 4.57 Å². The molecule has 2 N–H and O–H groups in total. The number of aryl methyl sites for hydroxylation is 2. The molecule has 0 unspecified atom stereocenters. The number of nitrogen functional groups attached to an aromatic ring is 1. The van der Waals surface area contributed by atoms with Gasteiger partial charge < -0.3 is 10.2 Å². The van der Waals surface area contributed by atoms with Crippen molar-refractivity contribution in [1.29, 1.82) is 0 Å². The third-order valence-corrected chi connectivity index (χ3v) is 2.39. The third-order valence-electron chi connectivity index (χ3n) is 2.39. The van der Waals surface area contributed by atoms with E-state index in [1.54, 1.807) is 7.05 Å². The van der Waals surface area contributed by atoms with Crippen LogP contribution in [0.15, 0.2) is 21.3 Å². The van der Waals surface area contributed by atoms with E-state index >= 15 is 0 Å². The Morgan fingerprint density at radius 1 is 1.50 bits per heavy atom. The third kappa shape index (κ3) is 1.11. The quantitative estimate of drug-likeness (QED) is 0.692. The van der Waals surface area contributed by atoms with Gasteiger partial charge in [-0.3, -0.25) is 4.57 Å². The predicted octanol–water partition coefficient (Wildman–Crippen LogP) is 1.28. The van der Waals surface area contributed by atoms with E-state index in [1.807, 2.05) is 19.1 Å². The van der Waals surface area contributed by atoms with Crippen molar-refractivity contribution in [1.82, 2.24) is 4.57 Å². The summed E-state index contributed by atoms with van der Waals surface area (Å²) >= 11 is 0. The lowest BCUT2D eigenvalue weighted by molar-refractivity contribution is 0.529. The summed E-state index contributed by atoms with van der Waals surface area (Å²) in [4.78, 5) is 11.2. The van der Waals surface area contributed by atoms with E-state index in [4.69, 9.17) is 10.2 Å². The molecule has 2 rings (SSSR count). The fourth-order valence-electron chi connectivity index (χ4n) is 1.51. The number of aromatic nitrogens is 1. The molecule has 2 aromatic rings. The van der Waals surface area contributed by atoms with E-state index in [2.05, 4.69) is 0 Å². The van der Waals surface area contributed by atoms with Crippen LogP contribution in [0.4, 0.5) is 5.69 Å². The van der Waals surface area contributed by atoms with Crippen molar-refractivity contribution in [2.45, 2.75) is 13.3 Å². The zero-order valence-electron chi connectivity index (χ0n) is 8.20. The van der Waals surface area contributed by atoms with Crippen LogP contribution in [-0.4, -0.2) is 4.57 Å². The Morgan fingerprint density at radius 2 is 2.21 bits per heavy atom. The molecular weight excluding hydrogens is 180 g/mol. The van der Waals surface area contributed by atoms with Crippen LogP contribution in [0.3, 0.4) is 0 Å². The number of hydrogen-bond acceptors (Lipinski definition) is 3. The van der Waals surface area contributed by atoms with Gasteiger partial charge in [0.25, 0.3) is 0 Å². The molecule has 0 radical (unpaired) electrons. The van der Waals surface area contributed by atoms with Crippen molar-refractivity contribution in [2.75, 3.05) is 5.73 Å². The van der Waals surface area contributed by atoms with Gasteiger partial charge in [0, 0.05) is 7.05 Å². The van der Waals surface area contributed by atoms with Gasteiger partial charge in [-0.25, -0.2) is 4.79 Å². The van der Waals surface area contributed by atoms with Crippen LogP contribution in [0, 0.1) is 0 Å². The highest BCUT2D eigenvalue weighted by Crippen LogP contribution is 2.21.